The molecule has 0 aliphatic rings. The van der Waals surface area contributed by atoms with E-state index >= 15 is 0 Å². The molecule has 3 N–H and O–H groups in total. The van der Waals surface area contributed by atoms with E-state index in [1.54, 1.807) is 23.1 Å². The van der Waals surface area contributed by atoms with E-state index in [2.05, 4.69) is 20.4 Å². The van der Waals surface area contributed by atoms with Crippen LogP contribution in [0.4, 0.5) is 11.5 Å². The summed E-state index contributed by atoms with van der Waals surface area (Å²) in [7, 11) is 1.84. The number of pyridine rings is 1. The number of aromatic nitrogens is 4. The zero-order valence-electron chi connectivity index (χ0n) is 9.39. The molecule has 0 saturated carbocycles. The summed E-state index contributed by atoms with van der Waals surface area (Å²) < 4.78 is 1.67. The normalized spacial score (nSPS) is 10.5. The Labute approximate surface area is 104 Å². The van der Waals surface area contributed by atoms with Gasteiger partial charge in [0.05, 0.1) is 0 Å². The fourth-order valence-electron chi connectivity index (χ4n) is 1.41. The van der Waals surface area contributed by atoms with Gasteiger partial charge in [0, 0.05) is 31.8 Å². The number of aryl methyl sites for hydroxylation is 1. The monoisotopic (exact) mass is 252 g/mol. The van der Waals surface area contributed by atoms with Gasteiger partial charge >= 0.3 is 0 Å². The second kappa shape index (κ2) is 5.01. The average Bonchev–Trinajstić information content (AvgIpc) is 2.63. The molecule has 2 aromatic rings. The van der Waals surface area contributed by atoms with Gasteiger partial charge in [-0.15, -0.1) is 0 Å². The summed E-state index contributed by atoms with van der Waals surface area (Å²) >= 11 is 5.79. The standard InChI is InChI=1S/C10H13ClN6/c1-17-6-14-9(16-17)2-3-13-10-5-7(12)4-8(11)15-10/h4-6H,2-3H2,1H3,(H3,12,13,15). The maximum atomic E-state index is 5.79. The smallest absolute Gasteiger partial charge is 0.152 e. The molecule has 17 heavy (non-hydrogen) atoms. The van der Waals surface area contributed by atoms with E-state index < -0.39 is 0 Å². The highest BCUT2D eigenvalue weighted by Gasteiger charge is 2.01. The highest BCUT2D eigenvalue weighted by Crippen LogP contribution is 2.15. The molecular weight excluding hydrogens is 240 g/mol. The van der Waals surface area contributed by atoms with Crippen LogP contribution >= 0.6 is 11.6 Å². The predicted molar refractivity (Wildman–Crippen MR) is 66.9 cm³/mol. The second-order valence-corrected chi connectivity index (χ2v) is 4.01. The van der Waals surface area contributed by atoms with Crippen LogP contribution < -0.4 is 11.1 Å². The molecule has 0 unspecified atom stereocenters. The molecule has 2 heterocycles. The molecule has 0 atom stereocenters. The van der Waals surface area contributed by atoms with Gasteiger partial charge in [-0.1, -0.05) is 11.6 Å². The maximum absolute atomic E-state index is 5.79. The van der Waals surface area contributed by atoms with Crippen molar-refractivity contribution in [3.05, 3.63) is 29.4 Å². The molecule has 90 valence electrons. The molecule has 0 amide bonds. The van der Waals surface area contributed by atoms with Crippen molar-refractivity contribution in [2.45, 2.75) is 6.42 Å². The summed E-state index contributed by atoms with van der Waals surface area (Å²) in [6.07, 6.45) is 2.39. The maximum Gasteiger partial charge on any atom is 0.152 e. The Morgan fingerprint density at radius 1 is 1.47 bits per heavy atom. The zero-order chi connectivity index (χ0) is 12.3. The molecule has 0 aliphatic carbocycles. The summed E-state index contributed by atoms with van der Waals surface area (Å²) in [5.41, 5.74) is 6.24. The second-order valence-electron chi connectivity index (χ2n) is 3.62. The number of nitrogens with two attached hydrogens (primary N) is 1. The number of hydrogen-bond donors (Lipinski definition) is 2. The van der Waals surface area contributed by atoms with Gasteiger partial charge in [-0.25, -0.2) is 9.97 Å². The highest BCUT2D eigenvalue weighted by molar-refractivity contribution is 6.29. The Balaban J connectivity index is 1.89. The quantitative estimate of drug-likeness (QED) is 0.797. The fourth-order valence-corrected chi connectivity index (χ4v) is 1.63. The third-order valence-corrected chi connectivity index (χ3v) is 2.31. The lowest BCUT2D eigenvalue weighted by Gasteiger charge is -2.05. The Bertz CT molecular complexity index is 489. The van der Waals surface area contributed by atoms with Gasteiger partial charge < -0.3 is 11.1 Å². The number of nitrogens with zero attached hydrogens (tertiary/aromatic N) is 4. The van der Waals surface area contributed by atoms with Gasteiger partial charge in [0.15, 0.2) is 5.82 Å². The van der Waals surface area contributed by atoms with Crippen LogP contribution in [0, 0.1) is 0 Å². The molecule has 0 fully saturated rings. The SMILES string of the molecule is Cn1cnc(CCNc2cc(N)cc(Cl)n2)n1. The minimum Gasteiger partial charge on any atom is -0.399 e. The third-order valence-electron chi connectivity index (χ3n) is 2.12. The van der Waals surface area contributed by atoms with Crippen LogP contribution in [-0.2, 0) is 13.5 Å². The van der Waals surface area contributed by atoms with Gasteiger partial charge in [0.1, 0.15) is 17.3 Å². The van der Waals surface area contributed by atoms with Crippen LogP contribution in [0.25, 0.3) is 0 Å². The summed E-state index contributed by atoms with van der Waals surface area (Å²) in [5.74, 6) is 1.45. The van der Waals surface area contributed by atoms with Crippen molar-refractivity contribution in [1.82, 2.24) is 19.7 Å². The van der Waals surface area contributed by atoms with Crippen molar-refractivity contribution in [2.75, 3.05) is 17.6 Å². The van der Waals surface area contributed by atoms with Crippen molar-refractivity contribution in [2.24, 2.45) is 7.05 Å². The molecule has 0 bridgehead atoms. The van der Waals surface area contributed by atoms with Gasteiger partial charge in [-0.3, -0.25) is 4.68 Å². The molecule has 0 radical (unpaired) electrons. The number of rotatable bonds is 4. The number of hydrogen-bond acceptors (Lipinski definition) is 5. The lowest BCUT2D eigenvalue weighted by molar-refractivity contribution is 0.742. The number of halogens is 1. The van der Waals surface area contributed by atoms with Crippen molar-refractivity contribution < 1.29 is 0 Å². The average molecular weight is 253 g/mol. The summed E-state index contributed by atoms with van der Waals surface area (Å²) in [6, 6.07) is 3.34. The van der Waals surface area contributed by atoms with E-state index in [-0.39, 0.29) is 0 Å². The van der Waals surface area contributed by atoms with Crippen LogP contribution in [-0.4, -0.2) is 26.3 Å². The first-order valence-corrected chi connectivity index (χ1v) is 5.53. The molecule has 7 heteroatoms. The first kappa shape index (κ1) is 11.7. The molecule has 0 spiro atoms. The lowest BCUT2D eigenvalue weighted by atomic mass is 10.3. The minimum absolute atomic E-state index is 0.378. The fraction of sp³-hybridized carbons (Fsp3) is 0.300. The Kier molecular flexibility index (Phi) is 3.43. The van der Waals surface area contributed by atoms with Gasteiger partial charge in [-0.2, -0.15) is 5.10 Å². The van der Waals surface area contributed by atoms with E-state index in [1.165, 1.54) is 0 Å². The van der Waals surface area contributed by atoms with Gasteiger partial charge in [0.2, 0.25) is 0 Å². The first-order chi connectivity index (χ1) is 8.13. The van der Waals surface area contributed by atoms with E-state index in [4.69, 9.17) is 17.3 Å². The van der Waals surface area contributed by atoms with Crippen LogP contribution in [0.1, 0.15) is 5.82 Å². The summed E-state index contributed by atoms with van der Waals surface area (Å²) in [4.78, 5) is 8.22. The zero-order valence-corrected chi connectivity index (χ0v) is 10.1. The van der Waals surface area contributed by atoms with Crippen molar-refractivity contribution >= 4 is 23.1 Å². The van der Waals surface area contributed by atoms with Crippen molar-refractivity contribution in [3.63, 3.8) is 0 Å². The van der Waals surface area contributed by atoms with Gasteiger partial charge in [0.25, 0.3) is 0 Å². The molecule has 0 aliphatic heterocycles. The molecule has 0 saturated heterocycles. The van der Waals surface area contributed by atoms with E-state index in [0.29, 0.717) is 23.2 Å². The number of anilines is 2. The number of nitrogen functional groups attached to an aromatic ring is 1. The van der Waals surface area contributed by atoms with Crippen molar-refractivity contribution in [3.8, 4) is 0 Å². The molecule has 6 nitrogen and oxygen atoms in total. The van der Waals surface area contributed by atoms with Crippen LogP contribution in [0.2, 0.25) is 5.15 Å². The topological polar surface area (TPSA) is 81.7 Å². The Hall–Kier alpha value is -1.82. The van der Waals surface area contributed by atoms with Crippen LogP contribution in [0.5, 0.6) is 0 Å². The Morgan fingerprint density at radius 2 is 2.29 bits per heavy atom. The van der Waals surface area contributed by atoms with Crippen LogP contribution in [0.3, 0.4) is 0 Å². The third kappa shape index (κ3) is 3.32. The first-order valence-electron chi connectivity index (χ1n) is 5.15. The number of nitrogens with one attached hydrogen (secondary N) is 1. The van der Waals surface area contributed by atoms with E-state index in [9.17, 15) is 0 Å². The molecule has 2 aromatic heterocycles. The minimum atomic E-state index is 0.378. The summed E-state index contributed by atoms with van der Waals surface area (Å²) in [6.45, 7) is 0.677. The lowest BCUT2D eigenvalue weighted by Crippen LogP contribution is -2.08. The molecule has 0 aromatic carbocycles. The highest BCUT2D eigenvalue weighted by atomic mass is 35.5. The van der Waals surface area contributed by atoms with E-state index in [0.717, 1.165) is 12.2 Å². The molecule has 2 rings (SSSR count). The summed E-state index contributed by atoms with van der Waals surface area (Å²) in [5, 5.41) is 7.67. The van der Waals surface area contributed by atoms with Crippen LogP contribution in [0.15, 0.2) is 18.5 Å². The Morgan fingerprint density at radius 3 is 2.94 bits per heavy atom. The van der Waals surface area contributed by atoms with Crippen molar-refractivity contribution in [1.29, 1.82) is 0 Å². The molecular formula is C10H13ClN6. The largest absolute Gasteiger partial charge is 0.399 e. The van der Waals surface area contributed by atoms with Gasteiger partial charge in [-0.05, 0) is 6.07 Å². The van der Waals surface area contributed by atoms with E-state index in [1.807, 2.05) is 7.05 Å². The predicted octanol–water partition coefficient (Wildman–Crippen LogP) is 1.10.